The summed E-state index contributed by atoms with van der Waals surface area (Å²) in [6.07, 6.45) is 4.04. The molecular weight excluding hydrogens is 286 g/mol. The average Bonchev–Trinajstić information content (AvgIpc) is 2.56. The summed E-state index contributed by atoms with van der Waals surface area (Å²) < 4.78 is 1.61. The SMILES string of the molecule is Cc1cccn2c(=O)cc(CN3CCCc4ccccc43)nc12. The number of nitrogens with zero attached hydrogens (tertiary/aromatic N) is 3. The third-order valence-corrected chi connectivity index (χ3v) is 4.50. The van der Waals surface area contributed by atoms with Crippen LogP contribution in [0.5, 0.6) is 0 Å². The maximum Gasteiger partial charge on any atom is 0.258 e. The van der Waals surface area contributed by atoms with Crippen molar-refractivity contribution in [3.05, 3.63) is 75.8 Å². The summed E-state index contributed by atoms with van der Waals surface area (Å²) in [6.45, 7) is 3.67. The average molecular weight is 305 g/mol. The largest absolute Gasteiger partial charge is 0.365 e. The lowest BCUT2D eigenvalue weighted by Gasteiger charge is -2.31. The van der Waals surface area contributed by atoms with Crippen LogP contribution in [-0.2, 0) is 13.0 Å². The zero-order valence-electron chi connectivity index (χ0n) is 13.2. The number of benzene rings is 1. The molecule has 3 aromatic rings. The normalized spacial score (nSPS) is 14.0. The molecule has 0 unspecified atom stereocenters. The van der Waals surface area contributed by atoms with E-state index in [1.165, 1.54) is 11.3 Å². The van der Waals surface area contributed by atoms with Gasteiger partial charge < -0.3 is 4.90 Å². The minimum Gasteiger partial charge on any atom is -0.365 e. The predicted octanol–water partition coefficient (Wildman–Crippen LogP) is 2.96. The summed E-state index contributed by atoms with van der Waals surface area (Å²) >= 11 is 0. The smallest absolute Gasteiger partial charge is 0.258 e. The zero-order chi connectivity index (χ0) is 15.8. The molecule has 1 aromatic carbocycles. The Morgan fingerprint density at radius 1 is 1.17 bits per heavy atom. The lowest BCUT2D eigenvalue weighted by atomic mass is 10.0. The van der Waals surface area contributed by atoms with E-state index in [2.05, 4.69) is 29.2 Å². The van der Waals surface area contributed by atoms with Gasteiger partial charge in [0.2, 0.25) is 0 Å². The fourth-order valence-electron chi connectivity index (χ4n) is 3.36. The van der Waals surface area contributed by atoms with E-state index in [-0.39, 0.29) is 5.56 Å². The maximum atomic E-state index is 12.3. The van der Waals surface area contributed by atoms with Crippen molar-refractivity contribution >= 4 is 11.3 Å². The van der Waals surface area contributed by atoms with Crippen molar-refractivity contribution < 1.29 is 0 Å². The van der Waals surface area contributed by atoms with Crippen LogP contribution < -0.4 is 10.5 Å². The van der Waals surface area contributed by atoms with E-state index in [1.54, 1.807) is 16.7 Å². The van der Waals surface area contributed by atoms with Gasteiger partial charge in [-0.15, -0.1) is 0 Å². The predicted molar refractivity (Wildman–Crippen MR) is 92.0 cm³/mol. The van der Waals surface area contributed by atoms with Crippen LogP contribution in [0.3, 0.4) is 0 Å². The van der Waals surface area contributed by atoms with Crippen LogP contribution in [0.25, 0.3) is 5.65 Å². The van der Waals surface area contributed by atoms with Crippen LogP contribution in [0, 0.1) is 6.92 Å². The van der Waals surface area contributed by atoms with Crippen LogP contribution >= 0.6 is 0 Å². The van der Waals surface area contributed by atoms with Crippen molar-refractivity contribution in [1.82, 2.24) is 9.38 Å². The standard InChI is InChI=1S/C19H19N3O/c1-14-6-4-11-22-18(23)12-16(20-19(14)22)13-21-10-5-8-15-7-2-3-9-17(15)21/h2-4,6-7,9,11-12H,5,8,10,13H2,1H3. The van der Waals surface area contributed by atoms with Crippen molar-refractivity contribution in [3.63, 3.8) is 0 Å². The molecule has 4 nitrogen and oxygen atoms in total. The molecule has 0 atom stereocenters. The molecule has 0 bridgehead atoms. The number of anilines is 1. The highest BCUT2D eigenvalue weighted by Crippen LogP contribution is 2.27. The molecule has 0 spiro atoms. The fraction of sp³-hybridized carbons (Fsp3) is 0.263. The van der Waals surface area contributed by atoms with Crippen molar-refractivity contribution in [3.8, 4) is 0 Å². The molecule has 0 saturated carbocycles. The molecule has 3 heterocycles. The Kier molecular flexibility index (Phi) is 3.37. The first-order valence-corrected chi connectivity index (χ1v) is 8.03. The second kappa shape index (κ2) is 5.54. The Labute approximate surface area is 135 Å². The lowest BCUT2D eigenvalue weighted by Crippen LogP contribution is -2.30. The molecule has 4 heteroatoms. The van der Waals surface area contributed by atoms with Crippen LogP contribution in [0.4, 0.5) is 5.69 Å². The Bertz CT molecular complexity index is 929. The zero-order valence-corrected chi connectivity index (χ0v) is 13.2. The summed E-state index contributed by atoms with van der Waals surface area (Å²) in [5.41, 5.74) is 5.24. The van der Waals surface area contributed by atoms with Crippen molar-refractivity contribution in [2.24, 2.45) is 0 Å². The Balaban J connectivity index is 1.74. The topological polar surface area (TPSA) is 37.6 Å². The first-order valence-electron chi connectivity index (χ1n) is 8.03. The van der Waals surface area contributed by atoms with Gasteiger partial charge in [0, 0.05) is 24.5 Å². The van der Waals surface area contributed by atoms with Gasteiger partial charge in [0.1, 0.15) is 5.65 Å². The van der Waals surface area contributed by atoms with Gasteiger partial charge in [-0.25, -0.2) is 4.98 Å². The number of hydrogen-bond acceptors (Lipinski definition) is 3. The highest BCUT2D eigenvalue weighted by atomic mass is 16.1. The van der Waals surface area contributed by atoms with Gasteiger partial charge in [-0.2, -0.15) is 0 Å². The molecule has 23 heavy (non-hydrogen) atoms. The number of para-hydroxylation sites is 1. The Morgan fingerprint density at radius 2 is 2.04 bits per heavy atom. The van der Waals surface area contributed by atoms with E-state index in [4.69, 9.17) is 4.98 Å². The summed E-state index contributed by atoms with van der Waals surface area (Å²) in [5, 5.41) is 0. The Hall–Kier alpha value is -2.62. The van der Waals surface area contributed by atoms with Gasteiger partial charge in [-0.1, -0.05) is 24.3 Å². The number of aryl methyl sites for hydroxylation is 2. The summed E-state index contributed by atoms with van der Waals surface area (Å²) in [6, 6.07) is 14.0. The van der Waals surface area contributed by atoms with Crippen LogP contribution in [0.1, 0.15) is 23.2 Å². The number of hydrogen-bond donors (Lipinski definition) is 0. The molecule has 0 saturated heterocycles. The third-order valence-electron chi connectivity index (χ3n) is 4.50. The second-order valence-corrected chi connectivity index (χ2v) is 6.12. The summed E-state index contributed by atoms with van der Waals surface area (Å²) in [5.74, 6) is 0. The Morgan fingerprint density at radius 3 is 2.96 bits per heavy atom. The fourth-order valence-corrected chi connectivity index (χ4v) is 3.36. The number of pyridine rings is 1. The summed E-state index contributed by atoms with van der Waals surface area (Å²) in [7, 11) is 0. The van der Waals surface area contributed by atoms with Gasteiger partial charge in [-0.05, 0) is 43.0 Å². The van der Waals surface area contributed by atoms with Crippen LogP contribution in [0.15, 0.2) is 53.5 Å². The highest BCUT2D eigenvalue weighted by Gasteiger charge is 2.17. The molecule has 2 aromatic heterocycles. The molecule has 116 valence electrons. The molecule has 1 aliphatic heterocycles. The van der Waals surface area contributed by atoms with Crippen LogP contribution in [0.2, 0.25) is 0 Å². The second-order valence-electron chi connectivity index (χ2n) is 6.12. The third kappa shape index (κ3) is 2.50. The first-order chi connectivity index (χ1) is 11.2. The van der Waals surface area contributed by atoms with Gasteiger partial charge in [0.15, 0.2) is 0 Å². The maximum absolute atomic E-state index is 12.3. The number of fused-ring (bicyclic) bond motifs is 2. The van der Waals surface area contributed by atoms with Crippen LogP contribution in [-0.4, -0.2) is 15.9 Å². The molecule has 4 rings (SSSR count). The highest BCUT2D eigenvalue weighted by molar-refractivity contribution is 5.56. The van der Waals surface area contributed by atoms with Crippen molar-refractivity contribution in [2.75, 3.05) is 11.4 Å². The number of aromatic nitrogens is 2. The van der Waals surface area contributed by atoms with Gasteiger partial charge in [0.25, 0.3) is 5.56 Å². The van der Waals surface area contributed by atoms with E-state index in [0.29, 0.717) is 6.54 Å². The molecule has 1 aliphatic rings. The van der Waals surface area contributed by atoms with Gasteiger partial charge >= 0.3 is 0 Å². The molecule has 0 aliphatic carbocycles. The molecular formula is C19H19N3O. The van der Waals surface area contributed by atoms with E-state index in [9.17, 15) is 4.79 Å². The van der Waals surface area contributed by atoms with Crippen molar-refractivity contribution in [2.45, 2.75) is 26.3 Å². The summed E-state index contributed by atoms with van der Waals surface area (Å²) in [4.78, 5) is 19.4. The van der Waals surface area contributed by atoms with E-state index < -0.39 is 0 Å². The number of rotatable bonds is 2. The van der Waals surface area contributed by atoms with E-state index in [1.807, 2.05) is 19.1 Å². The monoisotopic (exact) mass is 305 g/mol. The molecule has 0 fully saturated rings. The van der Waals surface area contributed by atoms with Gasteiger partial charge in [-0.3, -0.25) is 9.20 Å². The van der Waals surface area contributed by atoms with Gasteiger partial charge in [0.05, 0.1) is 12.2 Å². The molecule has 0 radical (unpaired) electrons. The van der Waals surface area contributed by atoms with E-state index in [0.717, 1.165) is 36.3 Å². The molecule has 0 amide bonds. The molecule has 0 N–H and O–H groups in total. The lowest BCUT2D eigenvalue weighted by molar-refractivity contribution is 0.683. The first kappa shape index (κ1) is 14.0. The van der Waals surface area contributed by atoms with Crippen molar-refractivity contribution in [1.29, 1.82) is 0 Å². The minimum atomic E-state index is -0.0148. The quantitative estimate of drug-likeness (QED) is 0.730. The van der Waals surface area contributed by atoms with E-state index >= 15 is 0 Å². The minimum absolute atomic E-state index is 0.0148.